The Bertz CT molecular complexity index is 438. The summed E-state index contributed by atoms with van der Waals surface area (Å²) in [5, 5.41) is 6.47. The molecule has 1 saturated carbocycles. The number of hydrogen-bond donors (Lipinski definition) is 2. The molecular weight excluding hydrogens is 200 g/mol. The number of carbonyl (C=O) groups excluding carboxylic acids is 1. The van der Waals surface area contributed by atoms with Crippen molar-refractivity contribution in [3.05, 3.63) is 23.8 Å². The first-order chi connectivity index (χ1) is 7.72. The SMILES string of the molecule is Cc1ccc2c(c1)NC(C1CC1)CC(=O)N2. The maximum Gasteiger partial charge on any atom is 0.226 e. The molecule has 3 rings (SSSR count). The molecule has 3 heteroatoms. The summed E-state index contributed by atoms with van der Waals surface area (Å²) in [4.78, 5) is 11.7. The molecule has 1 aliphatic heterocycles. The quantitative estimate of drug-likeness (QED) is 0.757. The monoisotopic (exact) mass is 216 g/mol. The van der Waals surface area contributed by atoms with Crippen LogP contribution in [0, 0.1) is 12.8 Å². The molecule has 1 atom stereocenters. The maximum absolute atomic E-state index is 11.7. The van der Waals surface area contributed by atoms with Gasteiger partial charge >= 0.3 is 0 Å². The molecule has 0 bridgehead atoms. The molecule has 3 nitrogen and oxygen atoms in total. The molecule has 0 radical (unpaired) electrons. The minimum Gasteiger partial charge on any atom is -0.380 e. The van der Waals surface area contributed by atoms with Gasteiger partial charge in [0.05, 0.1) is 11.4 Å². The summed E-state index contributed by atoms with van der Waals surface area (Å²) in [6.45, 7) is 2.07. The first-order valence-corrected chi connectivity index (χ1v) is 5.89. The largest absolute Gasteiger partial charge is 0.380 e. The fourth-order valence-corrected chi connectivity index (χ4v) is 2.32. The molecule has 16 heavy (non-hydrogen) atoms. The van der Waals surface area contributed by atoms with Gasteiger partial charge in [0.25, 0.3) is 0 Å². The van der Waals surface area contributed by atoms with E-state index in [9.17, 15) is 4.79 Å². The van der Waals surface area contributed by atoms with Gasteiger partial charge in [-0.25, -0.2) is 0 Å². The van der Waals surface area contributed by atoms with E-state index in [-0.39, 0.29) is 5.91 Å². The third kappa shape index (κ3) is 1.77. The lowest BCUT2D eigenvalue weighted by atomic mass is 10.1. The van der Waals surface area contributed by atoms with Crippen molar-refractivity contribution in [1.29, 1.82) is 0 Å². The second-order valence-corrected chi connectivity index (χ2v) is 4.89. The Morgan fingerprint density at radius 2 is 2.06 bits per heavy atom. The van der Waals surface area contributed by atoms with Gasteiger partial charge in [0.2, 0.25) is 5.91 Å². The summed E-state index contributed by atoms with van der Waals surface area (Å²) in [5.74, 6) is 0.823. The zero-order valence-corrected chi connectivity index (χ0v) is 9.42. The topological polar surface area (TPSA) is 41.1 Å². The van der Waals surface area contributed by atoms with E-state index in [0.717, 1.165) is 11.4 Å². The molecule has 0 saturated heterocycles. The lowest BCUT2D eigenvalue weighted by Gasteiger charge is -2.16. The number of anilines is 2. The normalized spacial score (nSPS) is 24.1. The summed E-state index contributed by atoms with van der Waals surface area (Å²) >= 11 is 0. The van der Waals surface area contributed by atoms with Gasteiger partial charge in [0.1, 0.15) is 0 Å². The lowest BCUT2D eigenvalue weighted by Crippen LogP contribution is -2.24. The number of benzene rings is 1. The van der Waals surface area contributed by atoms with E-state index >= 15 is 0 Å². The van der Waals surface area contributed by atoms with E-state index in [4.69, 9.17) is 0 Å². The van der Waals surface area contributed by atoms with Crippen molar-refractivity contribution in [2.24, 2.45) is 5.92 Å². The summed E-state index contributed by atoms with van der Waals surface area (Å²) in [7, 11) is 0. The highest BCUT2D eigenvalue weighted by Gasteiger charge is 2.34. The summed E-state index contributed by atoms with van der Waals surface area (Å²) in [6, 6.07) is 6.43. The second-order valence-electron chi connectivity index (χ2n) is 4.89. The van der Waals surface area contributed by atoms with Crippen LogP contribution in [-0.4, -0.2) is 11.9 Å². The molecule has 2 aliphatic rings. The van der Waals surface area contributed by atoms with E-state index in [1.807, 2.05) is 12.1 Å². The Morgan fingerprint density at radius 1 is 1.25 bits per heavy atom. The number of carbonyl (C=O) groups is 1. The fraction of sp³-hybridized carbons (Fsp3) is 0.462. The van der Waals surface area contributed by atoms with Crippen molar-refractivity contribution >= 4 is 17.3 Å². The highest BCUT2D eigenvalue weighted by atomic mass is 16.1. The average molecular weight is 216 g/mol. The predicted octanol–water partition coefficient (Wildman–Crippen LogP) is 2.53. The number of rotatable bonds is 1. The molecule has 1 fully saturated rings. The molecular formula is C13H16N2O. The zero-order chi connectivity index (χ0) is 11.1. The second kappa shape index (κ2) is 3.51. The van der Waals surface area contributed by atoms with Crippen molar-refractivity contribution in [2.75, 3.05) is 10.6 Å². The van der Waals surface area contributed by atoms with Crippen LogP contribution in [0.25, 0.3) is 0 Å². The van der Waals surface area contributed by atoms with Gasteiger partial charge in [0.15, 0.2) is 0 Å². The molecule has 1 unspecified atom stereocenters. The van der Waals surface area contributed by atoms with E-state index in [1.165, 1.54) is 18.4 Å². The smallest absolute Gasteiger partial charge is 0.226 e. The Morgan fingerprint density at radius 3 is 2.81 bits per heavy atom. The first-order valence-electron chi connectivity index (χ1n) is 5.89. The predicted molar refractivity (Wildman–Crippen MR) is 64.6 cm³/mol. The molecule has 0 aromatic heterocycles. The Hall–Kier alpha value is -1.51. The van der Waals surface area contributed by atoms with Crippen LogP contribution in [0.5, 0.6) is 0 Å². The van der Waals surface area contributed by atoms with E-state index < -0.39 is 0 Å². The van der Waals surface area contributed by atoms with Crippen LogP contribution in [0.15, 0.2) is 18.2 Å². The minimum atomic E-state index is 0.131. The average Bonchev–Trinajstić information content (AvgIpc) is 3.02. The van der Waals surface area contributed by atoms with Gasteiger partial charge < -0.3 is 10.6 Å². The van der Waals surface area contributed by atoms with Crippen molar-refractivity contribution in [2.45, 2.75) is 32.2 Å². The van der Waals surface area contributed by atoms with Crippen LogP contribution < -0.4 is 10.6 Å². The Balaban J connectivity index is 1.95. The third-order valence-electron chi connectivity index (χ3n) is 3.39. The number of hydrogen-bond acceptors (Lipinski definition) is 2. The number of fused-ring (bicyclic) bond motifs is 1. The summed E-state index contributed by atoms with van der Waals surface area (Å²) in [5.41, 5.74) is 3.21. The maximum atomic E-state index is 11.7. The fourth-order valence-electron chi connectivity index (χ4n) is 2.32. The standard InChI is InChI=1S/C13H16N2O/c1-8-2-5-10-12(6-8)14-11(9-3-4-9)7-13(16)15-10/h2,5-6,9,11,14H,3-4,7H2,1H3,(H,15,16). The molecule has 1 amide bonds. The van der Waals surface area contributed by atoms with Gasteiger partial charge in [-0.3, -0.25) is 4.79 Å². The zero-order valence-electron chi connectivity index (χ0n) is 9.42. The van der Waals surface area contributed by atoms with Crippen LogP contribution in [0.4, 0.5) is 11.4 Å². The molecule has 0 spiro atoms. The van der Waals surface area contributed by atoms with Gasteiger partial charge in [-0.15, -0.1) is 0 Å². The summed E-state index contributed by atoms with van der Waals surface area (Å²) in [6.07, 6.45) is 3.11. The Labute approximate surface area is 95.2 Å². The van der Waals surface area contributed by atoms with Gasteiger partial charge in [0, 0.05) is 12.5 Å². The van der Waals surface area contributed by atoms with Gasteiger partial charge in [-0.05, 0) is 43.4 Å². The number of amides is 1. The molecule has 84 valence electrons. The van der Waals surface area contributed by atoms with Gasteiger partial charge in [-0.2, -0.15) is 0 Å². The number of aryl methyl sites for hydroxylation is 1. The number of nitrogens with one attached hydrogen (secondary N) is 2. The van der Waals surface area contributed by atoms with Crippen molar-refractivity contribution in [1.82, 2.24) is 0 Å². The highest BCUT2D eigenvalue weighted by Crippen LogP contribution is 2.38. The van der Waals surface area contributed by atoms with Crippen LogP contribution in [0.2, 0.25) is 0 Å². The van der Waals surface area contributed by atoms with Crippen molar-refractivity contribution in [3.8, 4) is 0 Å². The van der Waals surface area contributed by atoms with E-state index in [1.54, 1.807) is 0 Å². The molecule has 1 aromatic carbocycles. The van der Waals surface area contributed by atoms with Gasteiger partial charge in [-0.1, -0.05) is 6.07 Å². The Kier molecular flexibility index (Phi) is 2.13. The summed E-state index contributed by atoms with van der Waals surface area (Å²) < 4.78 is 0. The first kappa shape index (κ1) is 9.70. The van der Waals surface area contributed by atoms with Crippen molar-refractivity contribution < 1.29 is 4.79 Å². The van der Waals surface area contributed by atoms with Crippen LogP contribution >= 0.6 is 0 Å². The third-order valence-corrected chi connectivity index (χ3v) is 3.39. The van der Waals surface area contributed by atoms with Crippen molar-refractivity contribution in [3.63, 3.8) is 0 Å². The molecule has 1 aliphatic carbocycles. The molecule has 2 N–H and O–H groups in total. The molecule has 1 aromatic rings. The van der Waals surface area contributed by atoms with E-state index in [2.05, 4.69) is 23.6 Å². The van der Waals surface area contributed by atoms with E-state index in [0.29, 0.717) is 18.4 Å². The lowest BCUT2D eigenvalue weighted by molar-refractivity contribution is -0.116. The van der Waals surface area contributed by atoms with Crippen LogP contribution in [0.3, 0.4) is 0 Å². The molecule has 1 heterocycles. The van der Waals surface area contributed by atoms with Crippen LogP contribution in [-0.2, 0) is 4.79 Å². The van der Waals surface area contributed by atoms with Crippen LogP contribution in [0.1, 0.15) is 24.8 Å². The highest BCUT2D eigenvalue weighted by molar-refractivity contribution is 5.96. The minimum absolute atomic E-state index is 0.131.